The Balaban J connectivity index is 0.000000459. The summed E-state index contributed by atoms with van der Waals surface area (Å²) in [5, 5.41) is 17.1. The van der Waals surface area contributed by atoms with Crippen molar-refractivity contribution in [1.82, 2.24) is 14.8 Å². The summed E-state index contributed by atoms with van der Waals surface area (Å²) in [6, 6.07) is 14.6. The van der Waals surface area contributed by atoms with Crippen molar-refractivity contribution < 1.29 is 19.8 Å². The normalized spacial score (nSPS) is 14.2. The van der Waals surface area contributed by atoms with E-state index in [-0.39, 0.29) is 0 Å². The van der Waals surface area contributed by atoms with E-state index in [0.717, 1.165) is 60.6 Å². The largest absolute Gasteiger partial charge is 0.478 e. The molecule has 0 atom stereocenters. The molecule has 2 aromatic carbocycles. The van der Waals surface area contributed by atoms with E-state index in [1.54, 1.807) is 0 Å². The number of benzene rings is 2. The summed E-state index contributed by atoms with van der Waals surface area (Å²) in [6.07, 6.45) is 3.05. The molecule has 0 radical (unpaired) electrons. The molecule has 0 spiro atoms. The Morgan fingerprint density at radius 2 is 1.36 bits per heavy atom. The number of hydrogen-bond donors (Lipinski definition) is 2. The standard InChI is InChI=1S/C26H29Cl2N3.C4H4O4/c1-18-13-22(14-19(2)20(18)3)26-15-21(7-8-29-26)16-30-9-11-31(12-10-30)17-23-24(27)5-4-6-25(23)28;5-3(6)1-2-4(7)8/h4-8,13-15H,9-12,16-17H2,1-3H3;1-2H,(H,5,6)(H,7,8)/b;2-1-. The van der Waals surface area contributed by atoms with Crippen molar-refractivity contribution in [3.63, 3.8) is 0 Å². The second-order valence-corrected chi connectivity index (χ2v) is 10.4. The predicted molar refractivity (Wildman–Crippen MR) is 155 cm³/mol. The smallest absolute Gasteiger partial charge is 0.328 e. The Bertz CT molecular complexity index is 1290. The number of aromatic nitrogens is 1. The molecule has 4 rings (SSSR count). The second-order valence-electron chi connectivity index (χ2n) is 9.55. The average Bonchev–Trinajstić information content (AvgIpc) is 2.89. The molecule has 1 saturated heterocycles. The number of piperazine rings is 1. The van der Waals surface area contributed by atoms with Crippen LogP contribution in [-0.4, -0.2) is 63.1 Å². The Kier molecular flexibility index (Phi) is 11.1. The molecular weight excluding hydrogens is 537 g/mol. The molecule has 3 aromatic rings. The number of carboxylic acids is 2. The van der Waals surface area contributed by atoms with Crippen LogP contribution in [0.15, 0.2) is 60.8 Å². The highest BCUT2D eigenvalue weighted by Crippen LogP contribution is 2.27. The molecule has 7 nitrogen and oxygen atoms in total. The van der Waals surface area contributed by atoms with Gasteiger partial charge in [0.1, 0.15) is 0 Å². The lowest BCUT2D eigenvalue weighted by atomic mass is 9.98. The van der Waals surface area contributed by atoms with Crippen LogP contribution >= 0.6 is 23.2 Å². The highest BCUT2D eigenvalue weighted by atomic mass is 35.5. The van der Waals surface area contributed by atoms with E-state index in [0.29, 0.717) is 12.2 Å². The lowest BCUT2D eigenvalue weighted by Gasteiger charge is -2.35. The number of halogens is 2. The topological polar surface area (TPSA) is 94.0 Å². The van der Waals surface area contributed by atoms with E-state index >= 15 is 0 Å². The molecule has 39 heavy (non-hydrogen) atoms. The minimum atomic E-state index is -1.26. The summed E-state index contributed by atoms with van der Waals surface area (Å²) in [7, 11) is 0. The number of pyridine rings is 1. The van der Waals surface area contributed by atoms with Crippen LogP contribution in [0.1, 0.15) is 27.8 Å². The van der Waals surface area contributed by atoms with Crippen LogP contribution in [0.4, 0.5) is 0 Å². The van der Waals surface area contributed by atoms with Gasteiger partial charge in [0.2, 0.25) is 0 Å². The number of carboxylic acid groups (broad SMARTS) is 2. The Labute approximate surface area is 239 Å². The van der Waals surface area contributed by atoms with Crippen LogP contribution in [0.3, 0.4) is 0 Å². The van der Waals surface area contributed by atoms with Gasteiger partial charge in [-0.3, -0.25) is 14.8 Å². The van der Waals surface area contributed by atoms with Gasteiger partial charge in [-0.25, -0.2) is 9.59 Å². The molecule has 0 aliphatic carbocycles. The first-order valence-electron chi connectivity index (χ1n) is 12.6. The molecule has 0 amide bonds. The molecule has 2 N–H and O–H groups in total. The molecular formula is C30H33Cl2N3O4. The van der Waals surface area contributed by atoms with Crippen molar-refractivity contribution in [3.8, 4) is 11.3 Å². The molecule has 0 bridgehead atoms. The first-order chi connectivity index (χ1) is 18.5. The van der Waals surface area contributed by atoms with Crippen LogP contribution < -0.4 is 0 Å². The molecule has 1 fully saturated rings. The summed E-state index contributed by atoms with van der Waals surface area (Å²) < 4.78 is 0. The van der Waals surface area contributed by atoms with Crippen LogP contribution in [0.25, 0.3) is 11.3 Å². The predicted octanol–water partition coefficient (Wildman–Crippen LogP) is 6.01. The van der Waals surface area contributed by atoms with Gasteiger partial charge in [0.05, 0.1) is 5.69 Å². The van der Waals surface area contributed by atoms with Crippen LogP contribution in [0, 0.1) is 20.8 Å². The third kappa shape index (κ3) is 9.18. The molecule has 9 heteroatoms. The second kappa shape index (κ2) is 14.2. The van der Waals surface area contributed by atoms with E-state index < -0.39 is 11.9 Å². The molecule has 1 aliphatic rings. The number of rotatable bonds is 7. The van der Waals surface area contributed by atoms with Gasteiger partial charge in [-0.05, 0) is 79.4 Å². The lowest BCUT2D eigenvalue weighted by Crippen LogP contribution is -2.45. The third-order valence-electron chi connectivity index (χ3n) is 6.73. The summed E-state index contributed by atoms with van der Waals surface area (Å²) in [6.45, 7) is 12.3. The first kappa shape index (κ1) is 30.3. The fourth-order valence-electron chi connectivity index (χ4n) is 4.33. The van der Waals surface area contributed by atoms with Crippen molar-refractivity contribution in [2.75, 3.05) is 26.2 Å². The summed E-state index contributed by atoms with van der Waals surface area (Å²) in [4.78, 5) is 28.7. The van der Waals surface area contributed by atoms with E-state index in [1.165, 1.54) is 27.8 Å². The van der Waals surface area contributed by atoms with E-state index in [9.17, 15) is 9.59 Å². The van der Waals surface area contributed by atoms with Gasteiger partial charge in [-0.2, -0.15) is 0 Å². The highest BCUT2D eigenvalue weighted by molar-refractivity contribution is 6.35. The minimum absolute atomic E-state index is 0.558. The fourth-order valence-corrected chi connectivity index (χ4v) is 4.84. The summed E-state index contributed by atoms with van der Waals surface area (Å²) in [5.74, 6) is -2.51. The summed E-state index contributed by atoms with van der Waals surface area (Å²) >= 11 is 12.7. The molecule has 2 heterocycles. The Morgan fingerprint density at radius 1 is 0.846 bits per heavy atom. The molecule has 1 aromatic heterocycles. The molecule has 0 unspecified atom stereocenters. The maximum Gasteiger partial charge on any atom is 0.328 e. The van der Waals surface area contributed by atoms with Crippen LogP contribution in [-0.2, 0) is 22.7 Å². The SMILES string of the molecule is Cc1cc(-c2cc(CN3CCN(Cc4c(Cl)cccc4Cl)CC3)ccn2)cc(C)c1C.O=C(O)/C=C\C(=O)O. The van der Waals surface area contributed by atoms with Gasteiger partial charge in [0.15, 0.2) is 0 Å². The number of hydrogen-bond acceptors (Lipinski definition) is 5. The van der Waals surface area contributed by atoms with E-state index in [2.05, 4.69) is 59.8 Å². The minimum Gasteiger partial charge on any atom is -0.478 e. The first-order valence-corrected chi connectivity index (χ1v) is 13.3. The molecule has 1 aliphatic heterocycles. The highest BCUT2D eigenvalue weighted by Gasteiger charge is 2.19. The number of aryl methyl sites for hydroxylation is 2. The zero-order valence-electron chi connectivity index (χ0n) is 22.3. The van der Waals surface area contributed by atoms with Crippen molar-refractivity contribution in [2.45, 2.75) is 33.9 Å². The van der Waals surface area contributed by atoms with Crippen molar-refractivity contribution in [2.24, 2.45) is 0 Å². The van der Waals surface area contributed by atoms with Gasteiger partial charge in [-0.1, -0.05) is 29.3 Å². The summed E-state index contributed by atoms with van der Waals surface area (Å²) in [5.41, 5.74) is 8.58. The van der Waals surface area contributed by atoms with E-state index in [1.807, 2.05) is 24.4 Å². The van der Waals surface area contributed by atoms with Gasteiger partial charge >= 0.3 is 11.9 Å². The van der Waals surface area contributed by atoms with Gasteiger partial charge in [-0.15, -0.1) is 0 Å². The van der Waals surface area contributed by atoms with Crippen molar-refractivity contribution in [1.29, 1.82) is 0 Å². The zero-order valence-corrected chi connectivity index (χ0v) is 23.8. The van der Waals surface area contributed by atoms with Crippen molar-refractivity contribution >= 4 is 35.1 Å². The average molecular weight is 571 g/mol. The maximum absolute atomic E-state index is 9.55. The quantitative estimate of drug-likeness (QED) is 0.336. The van der Waals surface area contributed by atoms with Crippen LogP contribution in [0.5, 0.6) is 0 Å². The fraction of sp³-hybridized carbons (Fsp3) is 0.300. The van der Waals surface area contributed by atoms with Gasteiger partial charge < -0.3 is 10.2 Å². The number of carbonyl (C=O) groups is 2. The molecule has 206 valence electrons. The zero-order chi connectivity index (χ0) is 28.5. The van der Waals surface area contributed by atoms with Gasteiger partial charge in [0.25, 0.3) is 0 Å². The monoisotopic (exact) mass is 569 g/mol. The third-order valence-corrected chi connectivity index (χ3v) is 7.44. The number of aliphatic carboxylic acids is 2. The van der Waals surface area contributed by atoms with Crippen LogP contribution in [0.2, 0.25) is 10.0 Å². The maximum atomic E-state index is 9.55. The Morgan fingerprint density at radius 3 is 1.87 bits per heavy atom. The van der Waals surface area contributed by atoms with E-state index in [4.69, 9.17) is 33.4 Å². The molecule has 0 saturated carbocycles. The van der Waals surface area contributed by atoms with Gasteiger partial charge in [0, 0.05) is 78.8 Å². The Hall–Kier alpha value is -3.23. The van der Waals surface area contributed by atoms with Crippen molar-refractivity contribution in [3.05, 3.63) is 98.7 Å². The lowest BCUT2D eigenvalue weighted by molar-refractivity contribution is -0.134. The number of nitrogens with zero attached hydrogens (tertiary/aromatic N) is 3.